The summed E-state index contributed by atoms with van der Waals surface area (Å²) in [6.45, 7) is 0.435. The van der Waals surface area contributed by atoms with E-state index < -0.39 is 0 Å². The molecule has 0 saturated heterocycles. The number of anilines is 1. The second-order valence-electron chi connectivity index (χ2n) is 3.59. The van der Waals surface area contributed by atoms with E-state index in [-0.39, 0.29) is 5.76 Å². The largest absolute Gasteiger partial charge is 0.420 e. The van der Waals surface area contributed by atoms with Gasteiger partial charge >= 0.3 is 5.76 Å². The first-order valence-corrected chi connectivity index (χ1v) is 5.84. The van der Waals surface area contributed by atoms with E-state index in [1.807, 2.05) is 18.2 Å². The molecular formula is C11H9N3O2S. The predicted octanol–water partition coefficient (Wildman–Crippen LogP) is 1.68. The van der Waals surface area contributed by atoms with Crippen LogP contribution < -0.4 is 11.5 Å². The van der Waals surface area contributed by atoms with E-state index in [0.29, 0.717) is 17.3 Å². The quantitative estimate of drug-likeness (QED) is 0.747. The van der Waals surface area contributed by atoms with Crippen molar-refractivity contribution in [1.29, 1.82) is 0 Å². The molecule has 0 aliphatic rings. The van der Waals surface area contributed by atoms with E-state index in [4.69, 9.17) is 10.2 Å². The summed E-state index contributed by atoms with van der Waals surface area (Å²) in [5.41, 5.74) is 6.93. The van der Waals surface area contributed by atoms with Crippen molar-refractivity contribution >= 4 is 27.6 Å². The molecule has 86 valence electrons. The van der Waals surface area contributed by atoms with Crippen LogP contribution in [-0.4, -0.2) is 9.55 Å². The van der Waals surface area contributed by atoms with Gasteiger partial charge in [0.05, 0.1) is 12.1 Å². The Morgan fingerprint density at radius 1 is 1.41 bits per heavy atom. The summed E-state index contributed by atoms with van der Waals surface area (Å²) in [6.07, 6.45) is 1.67. The van der Waals surface area contributed by atoms with E-state index in [9.17, 15) is 4.79 Å². The highest BCUT2D eigenvalue weighted by Gasteiger charge is 2.09. The Morgan fingerprint density at radius 3 is 3.00 bits per heavy atom. The van der Waals surface area contributed by atoms with E-state index in [1.54, 1.807) is 16.8 Å². The molecule has 17 heavy (non-hydrogen) atoms. The van der Waals surface area contributed by atoms with Crippen LogP contribution in [0.2, 0.25) is 0 Å². The minimum Gasteiger partial charge on any atom is -0.408 e. The molecular weight excluding hydrogens is 238 g/mol. The van der Waals surface area contributed by atoms with Gasteiger partial charge < -0.3 is 10.2 Å². The zero-order valence-corrected chi connectivity index (χ0v) is 9.61. The molecule has 0 bridgehead atoms. The number of nitrogens with zero attached hydrogens (tertiary/aromatic N) is 2. The molecule has 3 aromatic rings. The first kappa shape index (κ1) is 10.1. The van der Waals surface area contributed by atoms with Gasteiger partial charge in [-0.1, -0.05) is 12.1 Å². The summed E-state index contributed by atoms with van der Waals surface area (Å²) >= 11 is 1.37. The topological polar surface area (TPSA) is 74.0 Å². The van der Waals surface area contributed by atoms with Crippen LogP contribution in [0.15, 0.2) is 39.7 Å². The van der Waals surface area contributed by atoms with E-state index in [2.05, 4.69) is 4.98 Å². The molecule has 0 spiro atoms. The number of hydrogen-bond acceptors (Lipinski definition) is 5. The maximum atomic E-state index is 11.7. The highest BCUT2D eigenvalue weighted by molar-refractivity contribution is 7.15. The maximum absolute atomic E-state index is 11.7. The number of benzene rings is 1. The third-order valence-electron chi connectivity index (χ3n) is 2.46. The number of hydrogen-bond donors (Lipinski definition) is 1. The molecule has 0 fully saturated rings. The SMILES string of the molecule is Nc1ncc(Cn2c(=O)oc3ccccc32)s1. The van der Waals surface area contributed by atoms with Gasteiger partial charge in [-0.05, 0) is 12.1 Å². The number of nitrogen functional groups attached to an aromatic ring is 1. The molecule has 0 amide bonds. The number of fused-ring (bicyclic) bond motifs is 1. The molecule has 2 N–H and O–H groups in total. The molecule has 0 unspecified atom stereocenters. The Morgan fingerprint density at radius 2 is 2.24 bits per heavy atom. The number of rotatable bonds is 2. The molecule has 0 radical (unpaired) electrons. The summed E-state index contributed by atoms with van der Waals surface area (Å²) in [7, 11) is 0. The highest BCUT2D eigenvalue weighted by atomic mass is 32.1. The van der Waals surface area contributed by atoms with Gasteiger partial charge in [0, 0.05) is 11.1 Å². The van der Waals surface area contributed by atoms with Crippen molar-refractivity contribution in [3.8, 4) is 0 Å². The Hall–Kier alpha value is -2.08. The van der Waals surface area contributed by atoms with Gasteiger partial charge in [0.2, 0.25) is 0 Å². The van der Waals surface area contributed by atoms with Gasteiger partial charge in [0.15, 0.2) is 10.7 Å². The van der Waals surface area contributed by atoms with Gasteiger partial charge in [0.25, 0.3) is 0 Å². The standard InChI is InChI=1S/C11H9N3O2S/c12-10-13-5-7(17-10)6-14-8-3-1-2-4-9(8)16-11(14)15/h1-5H,6H2,(H2,12,13). The van der Waals surface area contributed by atoms with Gasteiger partial charge in [-0.25, -0.2) is 9.78 Å². The van der Waals surface area contributed by atoms with Crippen LogP contribution in [0, 0.1) is 0 Å². The summed E-state index contributed by atoms with van der Waals surface area (Å²) in [5.74, 6) is -0.363. The number of para-hydroxylation sites is 2. The molecule has 0 atom stereocenters. The van der Waals surface area contributed by atoms with Crippen LogP contribution in [-0.2, 0) is 6.54 Å². The lowest BCUT2D eigenvalue weighted by molar-refractivity contribution is 0.518. The smallest absolute Gasteiger partial charge is 0.408 e. The van der Waals surface area contributed by atoms with Crippen LogP contribution in [0.25, 0.3) is 11.1 Å². The molecule has 5 nitrogen and oxygen atoms in total. The molecule has 0 aliphatic heterocycles. The Labute approximate surface area is 100 Å². The van der Waals surface area contributed by atoms with Crippen LogP contribution in [0.3, 0.4) is 0 Å². The second kappa shape index (κ2) is 3.74. The Bertz CT molecular complexity index is 725. The second-order valence-corrected chi connectivity index (χ2v) is 4.73. The third-order valence-corrected chi connectivity index (χ3v) is 3.27. The van der Waals surface area contributed by atoms with Crippen LogP contribution in [0.4, 0.5) is 5.13 Å². The normalized spacial score (nSPS) is 11.1. The Balaban J connectivity index is 2.11. The number of nitrogens with two attached hydrogens (primary N) is 1. The van der Waals surface area contributed by atoms with Crippen LogP contribution in [0.1, 0.15) is 4.88 Å². The highest BCUT2D eigenvalue weighted by Crippen LogP contribution is 2.18. The molecule has 2 aromatic heterocycles. The lowest BCUT2D eigenvalue weighted by Gasteiger charge is -1.97. The first-order chi connectivity index (χ1) is 8.24. The van der Waals surface area contributed by atoms with Crippen molar-refractivity contribution in [2.45, 2.75) is 6.54 Å². The number of aromatic nitrogens is 2. The molecule has 6 heteroatoms. The molecule has 1 aromatic carbocycles. The fourth-order valence-electron chi connectivity index (χ4n) is 1.72. The zero-order chi connectivity index (χ0) is 11.8. The fourth-order valence-corrected chi connectivity index (χ4v) is 2.39. The lowest BCUT2D eigenvalue weighted by atomic mass is 10.3. The van der Waals surface area contributed by atoms with Crippen molar-refractivity contribution in [3.05, 3.63) is 45.9 Å². The van der Waals surface area contributed by atoms with Crippen molar-refractivity contribution < 1.29 is 4.42 Å². The van der Waals surface area contributed by atoms with Crippen molar-refractivity contribution in [1.82, 2.24) is 9.55 Å². The summed E-state index contributed by atoms with van der Waals surface area (Å²) in [4.78, 5) is 16.6. The lowest BCUT2D eigenvalue weighted by Crippen LogP contribution is -2.14. The summed E-state index contributed by atoms with van der Waals surface area (Å²) in [5, 5.41) is 0.501. The predicted molar refractivity (Wildman–Crippen MR) is 66.1 cm³/mol. The minimum absolute atomic E-state index is 0.363. The van der Waals surface area contributed by atoms with E-state index >= 15 is 0 Å². The summed E-state index contributed by atoms with van der Waals surface area (Å²) in [6, 6.07) is 7.33. The van der Waals surface area contributed by atoms with Crippen LogP contribution in [0.5, 0.6) is 0 Å². The van der Waals surface area contributed by atoms with Gasteiger partial charge in [-0.15, -0.1) is 11.3 Å². The molecule has 0 saturated carbocycles. The summed E-state index contributed by atoms with van der Waals surface area (Å²) < 4.78 is 6.71. The number of oxazole rings is 1. The van der Waals surface area contributed by atoms with E-state index in [0.717, 1.165) is 10.4 Å². The molecule has 2 heterocycles. The average molecular weight is 247 g/mol. The minimum atomic E-state index is -0.363. The first-order valence-electron chi connectivity index (χ1n) is 5.02. The zero-order valence-electron chi connectivity index (χ0n) is 8.79. The van der Waals surface area contributed by atoms with Gasteiger partial charge in [0.1, 0.15) is 0 Å². The van der Waals surface area contributed by atoms with Crippen molar-refractivity contribution in [2.24, 2.45) is 0 Å². The monoisotopic (exact) mass is 247 g/mol. The van der Waals surface area contributed by atoms with Crippen molar-refractivity contribution in [3.63, 3.8) is 0 Å². The van der Waals surface area contributed by atoms with E-state index in [1.165, 1.54) is 11.3 Å². The Kier molecular flexibility index (Phi) is 2.22. The van der Waals surface area contributed by atoms with Gasteiger partial charge in [-0.2, -0.15) is 0 Å². The maximum Gasteiger partial charge on any atom is 0.420 e. The fraction of sp³-hybridized carbons (Fsp3) is 0.0909. The van der Waals surface area contributed by atoms with Crippen LogP contribution >= 0.6 is 11.3 Å². The average Bonchev–Trinajstić information content (AvgIpc) is 2.85. The van der Waals surface area contributed by atoms with Gasteiger partial charge in [-0.3, -0.25) is 4.57 Å². The molecule has 0 aliphatic carbocycles. The third kappa shape index (κ3) is 1.72. The number of thiazole rings is 1. The molecule has 3 rings (SSSR count). The van der Waals surface area contributed by atoms with Crippen molar-refractivity contribution in [2.75, 3.05) is 5.73 Å².